The molecule has 1 saturated heterocycles. The van der Waals surface area contributed by atoms with Crippen molar-refractivity contribution < 1.29 is 22.7 Å². The molecule has 10 heteroatoms. The minimum absolute atomic E-state index is 0.0317. The fourth-order valence-electron chi connectivity index (χ4n) is 2.72. The van der Waals surface area contributed by atoms with E-state index < -0.39 is 16.1 Å². The number of rotatable bonds is 5. The minimum Gasteiger partial charge on any atom is -0.453 e. The fraction of sp³-hybridized carbons (Fsp3) is 0.471. The molecule has 0 radical (unpaired) electrons. The first-order valence-electron chi connectivity index (χ1n) is 8.48. The zero-order chi connectivity index (χ0) is 19.9. The summed E-state index contributed by atoms with van der Waals surface area (Å²) in [6.07, 6.45) is 0.298. The summed E-state index contributed by atoms with van der Waals surface area (Å²) >= 11 is 0. The number of hydrogen-bond donors (Lipinski definition) is 1. The first-order valence-corrected chi connectivity index (χ1v) is 9.96. The van der Waals surface area contributed by atoms with Crippen LogP contribution in [0.2, 0.25) is 0 Å². The van der Waals surface area contributed by atoms with Gasteiger partial charge >= 0.3 is 6.09 Å². The number of carbonyl (C=O) groups excluding carboxylic acids is 2. The van der Waals surface area contributed by atoms with E-state index in [1.807, 2.05) is 6.07 Å². The second-order valence-corrected chi connectivity index (χ2v) is 7.70. The highest BCUT2D eigenvalue weighted by Gasteiger charge is 2.23. The number of sulfonamides is 1. The normalized spacial score (nSPS) is 15.0. The van der Waals surface area contributed by atoms with E-state index in [0.717, 1.165) is 0 Å². The molecule has 1 aliphatic heterocycles. The molecule has 1 aromatic rings. The van der Waals surface area contributed by atoms with Gasteiger partial charge in [0.2, 0.25) is 10.0 Å². The van der Waals surface area contributed by atoms with Crippen molar-refractivity contribution in [2.75, 3.05) is 39.8 Å². The smallest absolute Gasteiger partial charge is 0.409 e. The van der Waals surface area contributed by atoms with Crippen LogP contribution in [0.1, 0.15) is 23.2 Å². The average molecular weight is 394 g/mol. The molecule has 1 N–H and O–H groups in total. The number of amides is 2. The van der Waals surface area contributed by atoms with Crippen LogP contribution in [-0.4, -0.2) is 70.1 Å². The maximum atomic E-state index is 12.7. The quantitative estimate of drug-likeness (QED) is 0.738. The number of carbonyl (C=O) groups is 2. The summed E-state index contributed by atoms with van der Waals surface area (Å²) in [7, 11) is -2.39. The lowest BCUT2D eigenvalue weighted by Crippen LogP contribution is -2.37. The van der Waals surface area contributed by atoms with Gasteiger partial charge in [0.25, 0.3) is 5.91 Å². The lowest BCUT2D eigenvalue weighted by atomic mass is 10.2. The van der Waals surface area contributed by atoms with Gasteiger partial charge in [-0.2, -0.15) is 5.26 Å². The Balaban J connectivity index is 2.03. The van der Waals surface area contributed by atoms with Gasteiger partial charge in [-0.3, -0.25) is 4.79 Å². The van der Waals surface area contributed by atoms with Crippen molar-refractivity contribution >= 4 is 22.0 Å². The average Bonchev–Trinajstić information content (AvgIpc) is 2.93. The Morgan fingerprint density at radius 1 is 1.15 bits per heavy atom. The van der Waals surface area contributed by atoms with E-state index >= 15 is 0 Å². The molecule has 27 heavy (non-hydrogen) atoms. The zero-order valence-corrected chi connectivity index (χ0v) is 15.9. The van der Waals surface area contributed by atoms with Gasteiger partial charge in [-0.15, -0.1) is 0 Å². The molecule has 0 aliphatic carbocycles. The second-order valence-electron chi connectivity index (χ2n) is 5.93. The van der Waals surface area contributed by atoms with E-state index in [4.69, 9.17) is 10.00 Å². The van der Waals surface area contributed by atoms with Crippen molar-refractivity contribution in [3.05, 3.63) is 29.8 Å². The van der Waals surface area contributed by atoms with E-state index in [1.165, 1.54) is 31.4 Å². The summed E-state index contributed by atoms with van der Waals surface area (Å²) in [5.74, 6) is -0.219. The zero-order valence-electron chi connectivity index (χ0n) is 15.1. The van der Waals surface area contributed by atoms with Crippen LogP contribution in [0.5, 0.6) is 0 Å². The SMILES string of the molecule is COC(=O)N1CCCN(C(=O)c2ccc(S(=O)(=O)NCCC#N)cc2)CC1. The lowest BCUT2D eigenvalue weighted by molar-refractivity contribution is 0.0757. The van der Waals surface area contributed by atoms with Crippen molar-refractivity contribution in [2.24, 2.45) is 0 Å². The van der Waals surface area contributed by atoms with E-state index in [-0.39, 0.29) is 23.8 Å². The third-order valence-electron chi connectivity index (χ3n) is 4.16. The first-order chi connectivity index (χ1) is 12.9. The molecule has 2 amide bonds. The second kappa shape index (κ2) is 9.34. The monoisotopic (exact) mass is 394 g/mol. The van der Waals surface area contributed by atoms with Crippen molar-refractivity contribution in [1.29, 1.82) is 5.26 Å². The molecule has 1 heterocycles. The van der Waals surface area contributed by atoms with Gasteiger partial charge in [-0.25, -0.2) is 17.9 Å². The van der Waals surface area contributed by atoms with Gasteiger partial charge in [-0.05, 0) is 30.7 Å². The third kappa shape index (κ3) is 5.42. The van der Waals surface area contributed by atoms with Gasteiger partial charge in [0.15, 0.2) is 0 Å². The summed E-state index contributed by atoms with van der Waals surface area (Å²) in [4.78, 5) is 27.5. The summed E-state index contributed by atoms with van der Waals surface area (Å²) in [6.45, 7) is 1.81. The number of nitrogens with one attached hydrogen (secondary N) is 1. The molecule has 0 saturated carbocycles. The van der Waals surface area contributed by atoms with E-state index in [2.05, 4.69) is 4.72 Å². The Labute approximate surface area is 158 Å². The number of benzene rings is 1. The largest absolute Gasteiger partial charge is 0.453 e. The van der Waals surface area contributed by atoms with E-state index in [0.29, 0.717) is 38.2 Å². The summed E-state index contributed by atoms with van der Waals surface area (Å²) < 4.78 is 31.2. The van der Waals surface area contributed by atoms with E-state index in [9.17, 15) is 18.0 Å². The van der Waals surface area contributed by atoms with Crippen LogP contribution in [0, 0.1) is 11.3 Å². The Bertz CT molecular complexity index is 817. The Kier molecular flexibility index (Phi) is 7.15. The molecule has 1 aromatic carbocycles. The highest BCUT2D eigenvalue weighted by Crippen LogP contribution is 2.14. The highest BCUT2D eigenvalue weighted by molar-refractivity contribution is 7.89. The Morgan fingerprint density at radius 3 is 2.41 bits per heavy atom. The molecule has 2 rings (SSSR count). The van der Waals surface area contributed by atoms with Crippen LogP contribution in [0.25, 0.3) is 0 Å². The van der Waals surface area contributed by atoms with Gasteiger partial charge in [-0.1, -0.05) is 0 Å². The number of hydrogen-bond acceptors (Lipinski definition) is 6. The minimum atomic E-state index is -3.71. The van der Waals surface area contributed by atoms with Gasteiger partial charge in [0.05, 0.1) is 18.1 Å². The van der Waals surface area contributed by atoms with Crippen LogP contribution in [0.3, 0.4) is 0 Å². The molecule has 0 bridgehead atoms. The van der Waals surface area contributed by atoms with Crippen LogP contribution in [-0.2, 0) is 14.8 Å². The van der Waals surface area contributed by atoms with Crippen LogP contribution in [0.15, 0.2) is 29.2 Å². The summed E-state index contributed by atoms with van der Waals surface area (Å²) in [5.41, 5.74) is 0.373. The standard InChI is InChI=1S/C17H22N4O5S/c1-26-17(23)21-11-3-10-20(12-13-21)16(22)14-4-6-15(7-5-14)27(24,25)19-9-2-8-18/h4-7,19H,2-3,9-13H2,1H3. The molecule has 1 aliphatic rings. The molecule has 9 nitrogen and oxygen atoms in total. The third-order valence-corrected chi connectivity index (χ3v) is 5.63. The van der Waals surface area contributed by atoms with Gasteiger partial charge in [0.1, 0.15) is 0 Å². The first kappa shape index (κ1) is 20.7. The fourth-order valence-corrected chi connectivity index (χ4v) is 3.75. The molecule has 0 aromatic heterocycles. The van der Waals surface area contributed by atoms with Crippen LogP contribution in [0.4, 0.5) is 4.79 Å². The van der Waals surface area contributed by atoms with Crippen LogP contribution < -0.4 is 4.72 Å². The molecule has 0 unspecified atom stereocenters. The maximum absolute atomic E-state index is 12.7. The summed E-state index contributed by atoms with van der Waals surface area (Å²) in [5, 5.41) is 8.48. The van der Waals surface area contributed by atoms with Crippen LogP contribution >= 0.6 is 0 Å². The van der Waals surface area contributed by atoms with Crippen molar-refractivity contribution in [1.82, 2.24) is 14.5 Å². The number of nitrogens with zero attached hydrogens (tertiary/aromatic N) is 3. The molecule has 1 fully saturated rings. The summed E-state index contributed by atoms with van der Waals surface area (Å²) in [6, 6.07) is 7.51. The van der Waals surface area contributed by atoms with Crippen molar-refractivity contribution in [2.45, 2.75) is 17.7 Å². The van der Waals surface area contributed by atoms with Crippen molar-refractivity contribution in [3.8, 4) is 6.07 Å². The molecule has 146 valence electrons. The predicted octanol–water partition coefficient (Wildman–Crippen LogP) is 0.793. The number of methoxy groups -OCH3 is 1. The number of nitriles is 1. The molecule has 0 atom stereocenters. The predicted molar refractivity (Wildman–Crippen MR) is 96.4 cm³/mol. The topological polar surface area (TPSA) is 120 Å². The maximum Gasteiger partial charge on any atom is 0.409 e. The lowest BCUT2D eigenvalue weighted by Gasteiger charge is -2.21. The number of ether oxygens (including phenoxy) is 1. The molecular formula is C17H22N4O5S. The van der Waals surface area contributed by atoms with Crippen molar-refractivity contribution in [3.63, 3.8) is 0 Å². The van der Waals surface area contributed by atoms with E-state index in [1.54, 1.807) is 9.80 Å². The molecular weight excluding hydrogens is 372 g/mol. The Hall–Kier alpha value is -2.64. The van der Waals surface area contributed by atoms with Gasteiger partial charge in [0, 0.05) is 44.7 Å². The Morgan fingerprint density at radius 2 is 1.78 bits per heavy atom. The van der Waals surface area contributed by atoms with Gasteiger partial charge < -0.3 is 14.5 Å². The molecule has 0 spiro atoms. The highest BCUT2D eigenvalue weighted by atomic mass is 32.2.